The molecule has 0 saturated heterocycles. The third kappa shape index (κ3) is 4.86. The van der Waals surface area contributed by atoms with Crippen molar-refractivity contribution in [2.45, 2.75) is 26.8 Å². The maximum atomic E-state index is 5.59. The minimum absolute atomic E-state index is 0.682. The molecule has 1 aromatic carbocycles. The van der Waals surface area contributed by atoms with Gasteiger partial charge in [-0.15, -0.1) is 0 Å². The third-order valence-corrected chi connectivity index (χ3v) is 3.59. The Labute approximate surface area is 133 Å². The van der Waals surface area contributed by atoms with Crippen LogP contribution in [0.25, 0.3) is 11.4 Å². The summed E-state index contributed by atoms with van der Waals surface area (Å²) in [7, 11) is 0. The van der Waals surface area contributed by atoms with Gasteiger partial charge in [-0.25, -0.2) is 4.98 Å². The normalized spacial score (nSPS) is 11.2. The van der Waals surface area contributed by atoms with Crippen molar-refractivity contribution in [1.82, 2.24) is 14.8 Å². The van der Waals surface area contributed by atoms with Gasteiger partial charge in [-0.2, -0.15) is 5.10 Å². The van der Waals surface area contributed by atoms with Gasteiger partial charge in [0.25, 0.3) is 0 Å². The minimum atomic E-state index is 0.682. The topological polar surface area (TPSA) is 39.9 Å². The first-order chi connectivity index (χ1) is 9.65. The van der Waals surface area contributed by atoms with Gasteiger partial charge in [-0.1, -0.05) is 26.0 Å². The van der Waals surface area contributed by atoms with Crippen LogP contribution in [0, 0.1) is 9.49 Å². The predicted molar refractivity (Wildman–Crippen MR) is 88.4 cm³/mol. The highest BCUT2D eigenvalue weighted by Gasteiger charge is 2.04. The van der Waals surface area contributed by atoms with Crippen LogP contribution >= 0.6 is 22.6 Å². The first-order valence-electron chi connectivity index (χ1n) is 6.88. The molecule has 5 heteroatoms. The van der Waals surface area contributed by atoms with E-state index in [4.69, 9.17) is 4.74 Å². The van der Waals surface area contributed by atoms with Crippen molar-refractivity contribution >= 4 is 22.6 Å². The molecule has 0 spiro atoms. The summed E-state index contributed by atoms with van der Waals surface area (Å²) in [5.74, 6) is 1.46. The van der Waals surface area contributed by atoms with Gasteiger partial charge in [0.1, 0.15) is 6.33 Å². The third-order valence-electron chi connectivity index (χ3n) is 2.92. The Morgan fingerprint density at radius 2 is 2.15 bits per heavy atom. The fourth-order valence-electron chi connectivity index (χ4n) is 1.74. The molecule has 0 aliphatic rings. The van der Waals surface area contributed by atoms with Crippen LogP contribution in [-0.4, -0.2) is 28.0 Å². The van der Waals surface area contributed by atoms with E-state index in [-0.39, 0.29) is 0 Å². The number of nitrogens with zero attached hydrogens (tertiary/aromatic N) is 3. The van der Waals surface area contributed by atoms with Crippen LogP contribution in [0.4, 0.5) is 0 Å². The molecule has 0 bridgehead atoms. The molecule has 0 aliphatic heterocycles. The molecule has 2 rings (SSSR count). The van der Waals surface area contributed by atoms with E-state index < -0.39 is 0 Å². The SMILES string of the molecule is CC(C)CCOCCn1cnc(-c2cccc(I)c2)n1. The molecule has 108 valence electrons. The highest BCUT2D eigenvalue weighted by Crippen LogP contribution is 2.16. The van der Waals surface area contributed by atoms with Gasteiger partial charge in [0.2, 0.25) is 0 Å². The number of hydrogen-bond acceptors (Lipinski definition) is 3. The molecule has 4 nitrogen and oxygen atoms in total. The fourth-order valence-corrected chi connectivity index (χ4v) is 2.28. The number of aromatic nitrogens is 3. The molecule has 20 heavy (non-hydrogen) atoms. The van der Waals surface area contributed by atoms with E-state index in [2.05, 4.69) is 58.7 Å². The maximum absolute atomic E-state index is 5.59. The molecule has 0 amide bonds. The molecule has 1 aromatic heterocycles. The Morgan fingerprint density at radius 1 is 1.30 bits per heavy atom. The Hall–Kier alpha value is -0.950. The van der Waals surface area contributed by atoms with E-state index in [1.165, 1.54) is 3.57 Å². The number of halogens is 1. The molecule has 0 unspecified atom stereocenters. The molecule has 0 saturated carbocycles. The van der Waals surface area contributed by atoms with E-state index in [0.29, 0.717) is 12.5 Å². The van der Waals surface area contributed by atoms with Gasteiger partial charge in [0.05, 0.1) is 13.2 Å². The van der Waals surface area contributed by atoms with Crippen LogP contribution < -0.4 is 0 Å². The molecular formula is C15H20IN3O. The second kappa shape index (κ2) is 7.73. The maximum Gasteiger partial charge on any atom is 0.181 e. The smallest absolute Gasteiger partial charge is 0.181 e. The zero-order valence-corrected chi connectivity index (χ0v) is 14.1. The summed E-state index contributed by atoms with van der Waals surface area (Å²) in [4.78, 5) is 4.35. The first kappa shape index (κ1) is 15.4. The Bertz CT molecular complexity index is 539. The fraction of sp³-hybridized carbons (Fsp3) is 0.467. The van der Waals surface area contributed by atoms with Gasteiger partial charge in [0.15, 0.2) is 5.82 Å². The van der Waals surface area contributed by atoms with E-state index >= 15 is 0 Å². The standard InChI is InChI=1S/C15H20IN3O/c1-12(2)6-8-20-9-7-19-11-17-15(18-19)13-4-3-5-14(16)10-13/h3-5,10-12H,6-9H2,1-2H3. The summed E-state index contributed by atoms with van der Waals surface area (Å²) in [6.45, 7) is 6.65. The van der Waals surface area contributed by atoms with E-state index in [0.717, 1.165) is 31.0 Å². The van der Waals surface area contributed by atoms with Crippen LogP contribution in [0.5, 0.6) is 0 Å². The molecule has 0 aliphatic carbocycles. The van der Waals surface area contributed by atoms with Crippen molar-refractivity contribution < 1.29 is 4.74 Å². The molecule has 0 fully saturated rings. The summed E-state index contributed by atoms with van der Waals surface area (Å²) in [6, 6.07) is 8.19. The van der Waals surface area contributed by atoms with Crippen molar-refractivity contribution in [1.29, 1.82) is 0 Å². The van der Waals surface area contributed by atoms with Crippen molar-refractivity contribution in [3.8, 4) is 11.4 Å². The zero-order chi connectivity index (χ0) is 14.4. The first-order valence-corrected chi connectivity index (χ1v) is 7.96. The van der Waals surface area contributed by atoms with Gasteiger partial charge < -0.3 is 4.74 Å². The highest BCUT2D eigenvalue weighted by molar-refractivity contribution is 14.1. The van der Waals surface area contributed by atoms with Gasteiger partial charge in [-0.3, -0.25) is 4.68 Å². The van der Waals surface area contributed by atoms with Gasteiger partial charge >= 0.3 is 0 Å². The van der Waals surface area contributed by atoms with Gasteiger partial charge in [-0.05, 0) is 47.1 Å². The quantitative estimate of drug-likeness (QED) is 0.540. The second-order valence-corrected chi connectivity index (χ2v) is 6.38. The molecule has 2 aromatic rings. The molecule has 0 radical (unpaired) electrons. The lowest BCUT2D eigenvalue weighted by atomic mass is 10.1. The average Bonchev–Trinajstić information content (AvgIpc) is 2.87. The lowest BCUT2D eigenvalue weighted by Gasteiger charge is -2.06. The number of ether oxygens (including phenoxy) is 1. The van der Waals surface area contributed by atoms with Crippen LogP contribution in [-0.2, 0) is 11.3 Å². The Morgan fingerprint density at radius 3 is 2.90 bits per heavy atom. The summed E-state index contributed by atoms with van der Waals surface area (Å²) in [5, 5.41) is 4.48. The summed E-state index contributed by atoms with van der Waals surface area (Å²) >= 11 is 2.29. The summed E-state index contributed by atoms with van der Waals surface area (Å²) < 4.78 is 8.62. The van der Waals surface area contributed by atoms with Crippen molar-refractivity contribution in [3.05, 3.63) is 34.2 Å². The zero-order valence-electron chi connectivity index (χ0n) is 11.9. The Kier molecular flexibility index (Phi) is 5.97. The number of benzene rings is 1. The molecule has 0 atom stereocenters. The molecule has 0 N–H and O–H groups in total. The van der Waals surface area contributed by atoms with E-state index in [9.17, 15) is 0 Å². The largest absolute Gasteiger partial charge is 0.380 e. The van der Waals surface area contributed by atoms with Gasteiger partial charge in [0, 0.05) is 15.7 Å². The van der Waals surface area contributed by atoms with Crippen LogP contribution in [0.15, 0.2) is 30.6 Å². The lowest BCUT2D eigenvalue weighted by molar-refractivity contribution is 0.114. The molecular weight excluding hydrogens is 365 g/mol. The monoisotopic (exact) mass is 385 g/mol. The second-order valence-electron chi connectivity index (χ2n) is 5.14. The molecule has 1 heterocycles. The van der Waals surface area contributed by atoms with E-state index in [1.807, 2.05) is 16.8 Å². The highest BCUT2D eigenvalue weighted by atomic mass is 127. The van der Waals surface area contributed by atoms with Crippen LogP contribution in [0.2, 0.25) is 0 Å². The van der Waals surface area contributed by atoms with Crippen molar-refractivity contribution in [2.75, 3.05) is 13.2 Å². The summed E-state index contributed by atoms with van der Waals surface area (Å²) in [6.07, 6.45) is 2.87. The van der Waals surface area contributed by atoms with Crippen LogP contribution in [0.3, 0.4) is 0 Å². The summed E-state index contributed by atoms with van der Waals surface area (Å²) in [5.41, 5.74) is 1.05. The van der Waals surface area contributed by atoms with Crippen LogP contribution in [0.1, 0.15) is 20.3 Å². The predicted octanol–water partition coefficient (Wildman–Crippen LogP) is 3.61. The lowest BCUT2D eigenvalue weighted by Crippen LogP contribution is -2.08. The van der Waals surface area contributed by atoms with E-state index in [1.54, 1.807) is 6.33 Å². The Balaban J connectivity index is 1.83. The average molecular weight is 385 g/mol. The number of rotatable bonds is 7. The van der Waals surface area contributed by atoms with Crippen molar-refractivity contribution in [2.24, 2.45) is 5.92 Å². The number of hydrogen-bond donors (Lipinski definition) is 0. The van der Waals surface area contributed by atoms with Crippen molar-refractivity contribution in [3.63, 3.8) is 0 Å². The minimum Gasteiger partial charge on any atom is -0.380 e.